The van der Waals surface area contributed by atoms with Gasteiger partial charge in [0, 0.05) is 5.39 Å². The molecule has 3 aliphatic rings. The molecule has 3 atom stereocenters. The van der Waals surface area contributed by atoms with Gasteiger partial charge in [-0.3, -0.25) is 24.0 Å². The van der Waals surface area contributed by atoms with Gasteiger partial charge < -0.3 is 5.11 Å². The predicted octanol–water partition coefficient (Wildman–Crippen LogP) is 3.60. The Labute approximate surface area is 216 Å². The number of anilines is 1. The number of carbonyl (C=O) groups is 4. The van der Waals surface area contributed by atoms with E-state index in [0.717, 1.165) is 0 Å². The molecule has 3 aliphatic heterocycles. The Balaban J connectivity index is 1.32. The summed E-state index contributed by atoms with van der Waals surface area (Å²) in [5.74, 6) is -4.01. The van der Waals surface area contributed by atoms with Crippen LogP contribution in [-0.4, -0.2) is 44.9 Å². The van der Waals surface area contributed by atoms with Crippen LogP contribution in [-0.2, 0) is 14.4 Å². The highest BCUT2D eigenvalue weighted by atomic mass is 16.7. The Morgan fingerprint density at radius 1 is 0.658 bits per heavy atom. The van der Waals surface area contributed by atoms with Gasteiger partial charge in [0.1, 0.15) is 11.7 Å². The maximum absolute atomic E-state index is 14.0. The first kappa shape index (κ1) is 22.2. The summed E-state index contributed by atoms with van der Waals surface area (Å²) in [7, 11) is 0. The van der Waals surface area contributed by atoms with Gasteiger partial charge in [-0.25, -0.2) is 5.06 Å². The average Bonchev–Trinajstić information content (AvgIpc) is 3.44. The van der Waals surface area contributed by atoms with Crippen LogP contribution in [0.15, 0.2) is 91.0 Å². The molecule has 9 nitrogen and oxygen atoms in total. The van der Waals surface area contributed by atoms with E-state index in [0.29, 0.717) is 32.0 Å². The lowest BCUT2D eigenvalue weighted by atomic mass is 9.90. The van der Waals surface area contributed by atoms with Crippen LogP contribution in [0.2, 0.25) is 0 Å². The van der Waals surface area contributed by atoms with Crippen LogP contribution in [0.1, 0.15) is 32.3 Å². The van der Waals surface area contributed by atoms with Gasteiger partial charge in [-0.2, -0.15) is 10.0 Å². The first-order chi connectivity index (χ1) is 18.5. The minimum Gasteiger partial charge on any atom is -0.508 e. The number of hydrogen-bond donors (Lipinski definition) is 1. The minimum absolute atomic E-state index is 0.0447. The second-order valence-corrected chi connectivity index (χ2v) is 9.37. The number of hydrazine groups is 1. The highest BCUT2D eigenvalue weighted by molar-refractivity contribution is 6.27. The fourth-order valence-electron chi connectivity index (χ4n) is 5.61. The van der Waals surface area contributed by atoms with Crippen molar-refractivity contribution in [1.82, 2.24) is 10.0 Å². The van der Waals surface area contributed by atoms with Crippen molar-refractivity contribution in [2.45, 2.75) is 12.1 Å². The van der Waals surface area contributed by atoms with Gasteiger partial charge in [0.05, 0.1) is 22.9 Å². The summed E-state index contributed by atoms with van der Waals surface area (Å²) in [5.41, 5.74) is 1.71. The predicted molar refractivity (Wildman–Crippen MR) is 134 cm³/mol. The van der Waals surface area contributed by atoms with Gasteiger partial charge in [0.2, 0.25) is 0 Å². The van der Waals surface area contributed by atoms with Crippen LogP contribution in [0.25, 0.3) is 10.8 Å². The molecule has 4 aromatic rings. The standard InChI is InChI=1S/C29H19N3O6/c33-19-14-12-17(13-15-19)24-23-25(38-32(24)18-8-2-1-3-9-18)29(37)31(28(23)36)30-26(34)20-10-4-6-16-7-5-11-21(22(16)20)27(30)35/h1-15,23-25,33H/t23-,24+,25+/m1/s1. The summed E-state index contributed by atoms with van der Waals surface area (Å²) in [6, 6.07) is 24.7. The van der Waals surface area contributed by atoms with Gasteiger partial charge in [-0.15, -0.1) is 0 Å². The number of hydrogen-bond acceptors (Lipinski definition) is 7. The number of phenols is 1. The zero-order chi connectivity index (χ0) is 26.1. The Hall–Kier alpha value is -5.02. The van der Waals surface area contributed by atoms with E-state index in [1.165, 1.54) is 17.2 Å². The van der Waals surface area contributed by atoms with Crippen molar-refractivity contribution in [3.8, 4) is 5.75 Å². The molecule has 0 spiro atoms. The fraction of sp³-hybridized carbons (Fsp3) is 0.103. The van der Waals surface area contributed by atoms with Crippen molar-refractivity contribution < 1.29 is 29.1 Å². The maximum Gasteiger partial charge on any atom is 0.281 e. The van der Waals surface area contributed by atoms with Crippen molar-refractivity contribution in [2.24, 2.45) is 5.92 Å². The Morgan fingerprint density at radius 2 is 1.29 bits per heavy atom. The molecule has 0 aromatic heterocycles. The van der Waals surface area contributed by atoms with Gasteiger partial charge >= 0.3 is 0 Å². The summed E-state index contributed by atoms with van der Waals surface area (Å²) in [4.78, 5) is 60.9. The molecule has 3 heterocycles. The number of imide groups is 2. The molecule has 9 heteroatoms. The number of benzene rings is 4. The molecule has 0 unspecified atom stereocenters. The number of hydroxylamine groups is 1. The van der Waals surface area contributed by atoms with Gasteiger partial charge in [0.25, 0.3) is 23.6 Å². The number of nitrogens with zero attached hydrogens (tertiary/aromatic N) is 3. The molecule has 0 radical (unpaired) electrons. The highest BCUT2D eigenvalue weighted by Gasteiger charge is 2.63. The highest BCUT2D eigenvalue weighted by Crippen LogP contribution is 2.47. The zero-order valence-electron chi connectivity index (χ0n) is 19.7. The van der Waals surface area contributed by atoms with E-state index in [2.05, 4.69) is 0 Å². The van der Waals surface area contributed by atoms with Crippen LogP contribution in [0.5, 0.6) is 5.75 Å². The molecule has 0 saturated carbocycles. The van der Waals surface area contributed by atoms with Crippen molar-refractivity contribution in [2.75, 3.05) is 5.06 Å². The monoisotopic (exact) mass is 505 g/mol. The molecule has 4 aromatic carbocycles. The van der Waals surface area contributed by atoms with E-state index in [1.807, 2.05) is 6.07 Å². The number of fused-ring (bicyclic) bond motifs is 1. The van der Waals surface area contributed by atoms with Gasteiger partial charge in [-0.05, 0) is 47.3 Å². The Kier molecular flexibility index (Phi) is 4.67. The number of rotatable bonds is 3. The van der Waals surface area contributed by atoms with Crippen molar-refractivity contribution in [3.63, 3.8) is 0 Å². The number of para-hydroxylation sites is 1. The van der Waals surface area contributed by atoms with E-state index in [-0.39, 0.29) is 16.9 Å². The molecule has 0 aliphatic carbocycles. The van der Waals surface area contributed by atoms with E-state index in [9.17, 15) is 24.3 Å². The van der Waals surface area contributed by atoms with Crippen molar-refractivity contribution in [1.29, 1.82) is 0 Å². The molecular formula is C29H19N3O6. The Bertz CT molecular complexity index is 1620. The maximum atomic E-state index is 14.0. The fourth-order valence-corrected chi connectivity index (χ4v) is 5.61. The van der Waals surface area contributed by atoms with Crippen LogP contribution in [0.4, 0.5) is 5.69 Å². The number of carbonyl (C=O) groups excluding carboxylic acids is 4. The van der Waals surface area contributed by atoms with Gasteiger partial charge in [-0.1, -0.05) is 54.6 Å². The summed E-state index contributed by atoms with van der Waals surface area (Å²) in [6.07, 6.45) is -1.25. The number of amides is 4. The van der Waals surface area contributed by atoms with E-state index < -0.39 is 41.7 Å². The van der Waals surface area contributed by atoms with Crippen LogP contribution >= 0.6 is 0 Å². The third-order valence-electron chi connectivity index (χ3n) is 7.29. The molecule has 38 heavy (non-hydrogen) atoms. The van der Waals surface area contributed by atoms with E-state index >= 15 is 0 Å². The molecule has 186 valence electrons. The van der Waals surface area contributed by atoms with Gasteiger partial charge in [0.15, 0.2) is 6.10 Å². The summed E-state index contributed by atoms with van der Waals surface area (Å²) >= 11 is 0. The van der Waals surface area contributed by atoms with Crippen molar-refractivity contribution >= 4 is 40.1 Å². The first-order valence-corrected chi connectivity index (χ1v) is 12.0. The zero-order valence-corrected chi connectivity index (χ0v) is 19.7. The second kappa shape index (κ2) is 7.99. The lowest BCUT2D eigenvalue weighted by Gasteiger charge is -2.34. The third kappa shape index (κ3) is 2.96. The van der Waals surface area contributed by atoms with Crippen LogP contribution in [0, 0.1) is 5.92 Å². The molecule has 2 fully saturated rings. The number of aromatic hydroxyl groups is 1. The average molecular weight is 505 g/mol. The topological polar surface area (TPSA) is 107 Å². The second-order valence-electron chi connectivity index (χ2n) is 9.37. The largest absolute Gasteiger partial charge is 0.508 e. The minimum atomic E-state index is -1.25. The lowest BCUT2D eigenvalue weighted by Crippen LogP contribution is -2.55. The first-order valence-electron chi connectivity index (χ1n) is 12.0. The quantitative estimate of drug-likeness (QED) is 0.424. The number of phenolic OH excluding ortho intramolecular Hbond substituents is 1. The molecule has 4 amide bonds. The normalized spacial score (nSPS) is 22.5. The summed E-state index contributed by atoms with van der Waals surface area (Å²) < 4.78 is 0. The Morgan fingerprint density at radius 3 is 1.92 bits per heavy atom. The molecule has 0 bridgehead atoms. The molecule has 1 N–H and O–H groups in total. The SMILES string of the molecule is O=C1c2cccc3cccc(c23)C(=O)N1N1C(=O)[C@H]2[C@H](ON(c3ccccc3)[C@H]2c2ccc(O)cc2)C1=O. The third-order valence-corrected chi connectivity index (χ3v) is 7.29. The van der Waals surface area contributed by atoms with Crippen LogP contribution in [0.3, 0.4) is 0 Å². The molecule has 2 saturated heterocycles. The van der Waals surface area contributed by atoms with E-state index in [1.54, 1.807) is 72.8 Å². The lowest BCUT2D eigenvalue weighted by molar-refractivity contribution is -0.154. The van der Waals surface area contributed by atoms with E-state index in [4.69, 9.17) is 4.84 Å². The van der Waals surface area contributed by atoms with Crippen molar-refractivity contribution in [3.05, 3.63) is 108 Å². The smallest absolute Gasteiger partial charge is 0.281 e. The molecular weight excluding hydrogens is 486 g/mol. The van der Waals surface area contributed by atoms with Crippen LogP contribution < -0.4 is 5.06 Å². The summed E-state index contributed by atoms with van der Waals surface area (Å²) in [6.45, 7) is 0. The summed E-state index contributed by atoms with van der Waals surface area (Å²) in [5, 5.41) is 13.8. The molecule has 7 rings (SSSR count).